The zero-order valence-corrected chi connectivity index (χ0v) is 15.5. The van der Waals surface area contributed by atoms with Crippen LogP contribution in [0.5, 0.6) is 0 Å². The highest BCUT2D eigenvalue weighted by atomic mass is 16.2. The van der Waals surface area contributed by atoms with E-state index in [9.17, 15) is 14.4 Å². The number of hydrogen-bond acceptors (Lipinski definition) is 4. The van der Waals surface area contributed by atoms with Crippen molar-refractivity contribution in [3.8, 4) is 0 Å². The number of hydrogen-bond donors (Lipinski definition) is 1. The van der Waals surface area contributed by atoms with E-state index in [1.807, 2.05) is 24.0 Å². The number of amides is 2. The Balaban J connectivity index is 1.59. The highest BCUT2D eigenvalue weighted by Gasteiger charge is 2.19. The minimum atomic E-state index is -0.336. The standard InChI is InChI=1S/C20H24N4O3/c1-2-11-24-18(25)10-9-17(22-24)19(26)21-14-15-5-7-16(8-6-15)20(27)23-12-3-4-13-23/h5-10H,2-4,11-14H2,1H3,(H,21,26). The van der Waals surface area contributed by atoms with Crippen molar-refractivity contribution in [2.45, 2.75) is 39.3 Å². The Morgan fingerprint density at radius 2 is 1.78 bits per heavy atom. The smallest absolute Gasteiger partial charge is 0.271 e. The monoisotopic (exact) mass is 368 g/mol. The Hall–Kier alpha value is -2.96. The van der Waals surface area contributed by atoms with Gasteiger partial charge in [-0.05, 0) is 43.0 Å². The van der Waals surface area contributed by atoms with Gasteiger partial charge < -0.3 is 10.2 Å². The van der Waals surface area contributed by atoms with Crippen LogP contribution in [0.25, 0.3) is 0 Å². The molecule has 2 amide bonds. The molecule has 0 saturated carbocycles. The molecule has 0 radical (unpaired) electrons. The van der Waals surface area contributed by atoms with Crippen molar-refractivity contribution in [1.29, 1.82) is 0 Å². The largest absolute Gasteiger partial charge is 0.347 e. The number of nitrogens with one attached hydrogen (secondary N) is 1. The van der Waals surface area contributed by atoms with Crippen molar-refractivity contribution in [3.05, 3.63) is 63.6 Å². The molecule has 7 heteroatoms. The van der Waals surface area contributed by atoms with Gasteiger partial charge in [0, 0.05) is 37.8 Å². The predicted molar refractivity (Wildman–Crippen MR) is 102 cm³/mol. The first-order valence-corrected chi connectivity index (χ1v) is 9.33. The van der Waals surface area contributed by atoms with E-state index in [2.05, 4.69) is 10.4 Å². The molecule has 142 valence electrons. The lowest BCUT2D eigenvalue weighted by atomic mass is 10.1. The number of aryl methyl sites for hydroxylation is 1. The maximum Gasteiger partial charge on any atom is 0.271 e. The molecule has 1 fully saturated rings. The maximum atomic E-state index is 12.3. The lowest BCUT2D eigenvalue weighted by Gasteiger charge is -2.15. The van der Waals surface area contributed by atoms with Crippen molar-refractivity contribution < 1.29 is 9.59 Å². The second-order valence-electron chi connectivity index (χ2n) is 6.66. The van der Waals surface area contributed by atoms with Crippen molar-refractivity contribution in [1.82, 2.24) is 20.0 Å². The predicted octanol–water partition coefficient (Wildman–Crippen LogP) is 1.82. The molecular weight excluding hydrogens is 344 g/mol. The number of nitrogens with zero attached hydrogens (tertiary/aromatic N) is 3. The van der Waals surface area contributed by atoms with Crippen LogP contribution in [0.2, 0.25) is 0 Å². The average Bonchev–Trinajstić information content (AvgIpc) is 3.22. The summed E-state index contributed by atoms with van der Waals surface area (Å²) < 4.78 is 1.30. The summed E-state index contributed by atoms with van der Waals surface area (Å²) in [6.45, 7) is 4.39. The normalized spacial score (nSPS) is 13.6. The van der Waals surface area contributed by atoms with E-state index in [-0.39, 0.29) is 23.1 Å². The van der Waals surface area contributed by atoms with E-state index in [1.165, 1.54) is 16.8 Å². The molecule has 0 bridgehead atoms. The molecule has 2 heterocycles. The zero-order chi connectivity index (χ0) is 19.2. The Labute approximate surface area is 158 Å². The first-order chi connectivity index (χ1) is 13.1. The topological polar surface area (TPSA) is 84.3 Å². The molecule has 0 spiro atoms. The fraction of sp³-hybridized carbons (Fsp3) is 0.400. The quantitative estimate of drug-likeness (QED) is 0.843. The van der Waals surface area contributed by atoms with Gasteiger partial charge in [0.2, 0.25) is 0 Å². The van der Waals surface area contributed by atoms with Crippen LogP contribution in [0.4, 0.5) is 0 Å². The molecule has 0 atom stereocenters. The average molecular weight is 368 g/mol. The van der Waals surface area contributed by atoms with E-state index in [1.54, 1.807) is 12.1 Å². The molecule has 0 unspecified atom stereocenters. The van der Waals surface area contributed by atoms with Crippen molar-refractivity contribution >= 4 is 11.8 Å². The molecule has 7 nitrogen and oxygen atoms in total. The minimum absolute atomic E-state index is 0.0606. The molecule has 2 aromatic rings. The molecular formula is C20H24N4O3. The number of carbonyl (C=O) groups is 2. The number of likely N-dealkylation sites (tertiary alicyclic amines) is 1. The summed E-state index contributed by atoms with van der Waals surface area (Å²) in [5.41, 5.74) is 1.55. The summed E-state index contributed by atoms with van der Waals surface area (Å²) in [6.07, 6.45) is 2.89. The van der Waals surface area contributed by atoms with Crippen LogP contribution in [-0.4, -0.2) is 39.6 Å². The summed E-state index contributed by atoms with van der Waals surface area (Å²) in [4.78, 5) is 38.2. The van der Waals surface area contributed by atoms with Gasteiger partial charge in [-0.2, -0.15) is 5.10 Å². The molecule has 1 saturated heterocycles. The van der Waals surface area contributed by atoms with E-state index < -0.39 is 0 Å². The number of rotatable bonds is 6. The lowest BCUT2D eigenvalue weighted by molar-refractivity contribution is 0.0792. The van der Waals surface area contributed by atoms with Gasteiger partial charge in [0.1, 0.15) is 5.69 Å². The summed E-state index contributed by atoms with van der Waals surface area (Å²) in [5.74, 6) is -0.275. The second kappa shape index (κ2) is 8.62. The van der Waals surface area contributed by atoms with Gasteiger partial charge in [0.05, 0.1) is 0 Å². The van der Waals surface area contributed by atoms with E-state index in [0.29, 0.717) is 18.7 Å². The Kier molecular flexibility index (Phi) is 6.01. The van der Waals surface area contributed by atoms with Crippen LogP contribution in [0, 0.1) is 0 Å². The van der Waals surface area contributed by atoms with Crippen LogP contribution < -0.4 is 10.9 Å². The summed E-state index contributed by atoms with van der Waals surface area (Å²) >= 11 is 0. The zero-order valence-electron chi connectivity index (χ0n) is 15.5. The molecule has 1 aromatic carbocycles. The van der Waals surface area contributed by atoms with Crippen molar-refractivity contribution in [2.75, 3.05) is 13.1 Å². The minimum Gasteiger partial charge on any atom is -0.347 e. The highest BCUT2D eigenvalue weighted by Crippen LogP contribution is 2.13. The van der Waals surface area contributed by atoms with Crippen LogP contribution in [0.15, 0.2) is 41.2 Å². The fourth-order valence-electron chi connectivity index (χ4n) is 3.08. The van der Waals surface area contributed by atoms with E-state index >= 15 is 0 Å². The van der Waals surface area contributed by atoms with Gasteiger partial charge in [0.15, 0.2) is 0 Å². The fourth-order valence-corrected chi connectivity index (χ4v) is 3.08. The third kappa shape index (κ3) is 4.61. The van der Waals surface area contributed by atoms with Gasteiger partial charge in [-0.15, -0.1) is 0 Å². The Morgan fingerprint density at radius 3 is 2.44 bits per heavy atom. The second-order valence-corrected chi connectivity index (χ2v) is 6.66. The summed E-state index contributed by atoms with van der Waals surface area (Å²) in [6, 6.07) is 10.1. The maximum absolute atomic E-state index is 12.3. The molecule has 1 aliphatic heterocycles. The molecule has 0 aliphatic carbocycles. The molecule has 27 heavy (non-hydrogen) atoms. The summed E-state index contributed by atoms with van der Waals surface area (Å²) in [5, 5.41) is 6.89. The Morgan fingerprint density at radius 1 is 1.07 bits per heavy atom. The highest BCUT2D eigenvalue weighted by molar-refractivity contribution is 5.94. The first kappa shape index (κ1) is 18.8. The van der Waals surface area contributed by atoms with E-state index in [4.69, 9.17) is 0 Å². The van der Waals surface area contributed by atoms with Gasteiger partial charge in [-0.3, -0.25) is 14.4 Å². The number of aromatic nitrogens is 2. The van der Waals surface area contributed by atoms with Crippen molar-refractivity contribution in [3.63, 3.8) is 0 Å². The number of carbonyl (C=O) groups excluding carboxylic acids is 2. The van der Waals surface area contributed by atoms with Crippen LogP contribution in [-0.2, 0) is 13.1 Å². The third-order valence-corrected chi connectivity index (χ3v) is 4.58. The SMILES string of the molecule is CCCn1nc(C(=O)NCc2ccc(C(=O)N3CCCC3)cc2)ccc1=O. The van der Waals surface area contributed by atoms with Crippen LogP contribution >= 0.6 is 0 Å². The summed E-state index contributed by atoms with van der Waals surface area (Å²) in [7, 11) is 0. The van der Waals surface area contributed by atoms with E-state index in [0.717, 1.165) is 37.9 Å². The van der Waals surface area contributed by atoms with Gasteiger partial charge >= 0.3 is 0 Å². The molecule has 1 aromatic heterocycles. The van der Waals surface area contributed by atoms with Gasteiger partial charge in [0.25, 0.3) is 17.4 Å². The lowest BCUT2D eigenvalue weighted by Crippen LogP contribution is -2.29. The number of benzene rings is 1. The van der Waals surface area contributed by atoms with Crippen LogP contribution in [0.1, 0.15) is 52.6 Å². The van der Waals surface area contributed by atoms with Crippen molar-refractivity contribution in [2.24, 2.45) is 0 Å². The molecule has 1 aliphatic rings. The van der Waals surface area contributed by atoms with Crippen LogP contribution in [0.3, 0.4) is 0 Å². The van der Waals surface area contributed by atoms with Gasteiger partial charge in [-0.25, -0.2) is 4.68 Å². The Bertz CT molecular complexity index is 868. The molecule has 1 N–H and O–H groups in total. The molecule has 3 rings (SSSR count). The van der Waals surface area contributed by atoms with Gasteiger partial charge in [-0.1, -0.05) is 19.1 Å². The first-order valence-electron chi connectivity index (χ1n) is 9.33. The third-order valence-electron chi connectivity index (χ3n) is 4.58.